The van der Waals surface area contributed by atoms with Crippen LogP contribution in [0.5, 0.6) is 0 Å². The van der Waals surface area contributed by atoms with Crippen molar-refractivity contribution < 1.29 is 14.6 Å². The summed E-state index contributed by atoms with van der Waals surface area (Å²) in [7, 11) is 0. The van der Waals surface area contributed by atoms with Crippen LogP contribution < -0.4 is 4.90 Å². The molecule has 0 bridgehead atoms. The Morgan fingerprint density at radius 2 is 1.92 bits per heavy atom. The Hall–Kier alpha value is -1.70. The number of β-amino-alcohol motifs (C(OH)–C–C–N with tert-alkyl or cyclic N) is 1. The zero-order chi connectivity index (χ0) is 17.6. The Morgan fingerprint density at radius 3 is 2.52 bits per heavy atom. The number of rotatable bonds is 5. The summed E-state index contributed by atoms with van der Waals surface area (Å²) >= 11 is 0. The Balaban J connectivity index is 1.53. The number of aromatic nitrogens is 1. The van der Waals surface area contributed by atoms with Crippen LogP contribution in [0.1, 0.15) is 23.7 Å². The van der Waals surface area contributed by atoms with Crippen molar-refractivity contribution in [2.75, 3.05) is 63.9 Å². The first-order chi connectivity index (χ1) is 12.2. The third-order valence-corrected chi connectivity index (χ3v) is 4.93. The summed E-state index contributed by atoms with van der Waals surface area (Å²) in [6.07, 6.45) is 2.17. The fraction of sp³-hybridized carbons (Fsp3) is 0.667. The fourth-order valence-corrected chi connectivity index (χ4v) is 3.24. The zero-order valence-electron chi connectivity index (χ0n) is 14.9. The van der Waals surface area contributed by atoms with E-state index >= 15 is 0 Å². The highest BCUT2D eigenvalue weighted by Gasteiger charge is 2.23. The smallest absolute Gasteiger partial charge is 0.255 e. The molecule has 7 heteroatoms. The average molecular weight is 348 g/mol. The maximum absolute atomic E-state index is 12.7. The molecule has 2 fully saturated rings. The molecule has 1 amide bonds. The molecule has 2 aliphatic heterocycles. The topological polar surface area (TPSA) is 69.1 Å². The molecule has 1 N–H and O–H groups in total. The van der Waals surface area contributed by atoms with Crippen molar-refractivity contribution >= 4 is 11.7 Å². The number of carbonyl (C=O) groups excluding carboxylic acids is 1. The van der Waals surface area contributed by atoms with Gasteiger partial charge in [0.1, 0.15) is 5.82 Å². The van der Waals surface area contributed by atoms with Crippen molar-refractivity contribution in [2.24, 2.45) is 0 Å². The van der Waals surface area contributed by atoms with E-state index in [2.05, 4.69) is 14.8 Å². The number of nitrogens with zero attached hydrogens (tertiary/aromatic N) is 4. The van der Waals surface area contributed by atoms with E-state index in [-0.39, 0.29) is 12.0 Å². The first-order valence-electron chi connectivity index (χ1n) is 9.16. The predicted molar refractivity (Wildman–Crippen MR) is 95.9 cm³/mol. The Bertz CT molecular complexity index is 552. The van der Waals surface area contributed by atoms with Gasteiger partial charge >= 0.3 is 0 Å². The Labute approximate surface area is 149 Å². The van der Waals surface area contributed by atoms with Crippen LogP contribution in [-0.2, 0) is 4.74 Å². The highest BCUT2D eigenvalue weighted by molar-refractivity contribution is 5.94. The van der Waals surface area contributed by atoms with Crippen molar-refractivity contribution in [3.8, 4) is 0 Å². The molecular formula is C18H28N4O3. The van der Waals surface area contributed by atoms with Gasteiger partial charge in [-0.05, 0) is 18.6 Å². The van der Waals surface area contributed by atoms with E-state index in [1.807, 2.05) is 24.0 Å². The molecule has 0 saturated carbocycles. The minimum atomic E-state index is -0.279. The molecule has 138 valence electrons. The van der Waals surface area contributed by atoms with Crippen LogP contribution in [0.3, 0.4) is 0 Å². The van der Waals surface area contributed by atoms with Crippen molar-refractivity contribution in [3.63, 3.8) is 0 Å². The zero-order valence-corrected chi connectivity index (χ0v) is 14.9. The van der Waals surface area contributed by atoms with Crippen LogP contribution >= 0.6 is 0 Å². The van der Waals surface area contributed by atoms with Crippen molar-refractivity contribution in [1.82, 2.24) is 14.8 Å². The lowest BCUT2D eigenvalue weighted by Gasteiger charge is -2.35. The molecular weight excluding hydrogens is 320 g/mol. The van der Waals surface area contributed by atoms with Crippen LogP contribution in [0.4, 0.5) is 5.82 Å². The maximum atomic E-state index is 12.7. The lowest BCUT2D eigenvalue weighted by molar-refractivity contribution is 0.0523. The molecule has 2 aliphatic rings. The van der Waals surface area contributed by atoms with E-state index in [1.165, 1.54) is 0 Å². The summed E-state index contributed by atoms with van der Waals surface area (Å²) in [5.41, 5.74) is 0.638. The summed E-state index contributed by atoms with van der Waals surface area (Å²) in [6, 6.07) is 3.79. The number of pyridine rings is 1. The molecule has 0 unspecified atom stereocenters. The second-order valence-corrected chi connectivity index (χ2v) is 6.66. The number of aliphatic hydroxyl groups excluding tert-OH is 1. The summed E-state index contributed by atoms with van der Waals surface area (Å²) < 4.78 is 5.35. The van der Waals surface area contributed by atoms with Crippen molar-refractivity contribution in [3.05, 3.63) is 23.9 Å². The van der Waals surface area contributed by atoms with Crippen LogP contribution in [0.2, 0.25) is 0 Å². The van der Waals surface area contributed by atoms with Crippen LogP contribution in [0, 0.1) is 0 Å². The van der Waals surface area contributed by atoms with Gasteiger partial charge in [-0.2, -0.15) is 0 Å². The molecule has 0 radical (unpaired) electrons. The molecule has 0 aromatic carbocycles. The van der Waals surface area contributed by atoms with E-state index in [1.54, 1.807) is 6.20 Å². The van der Waals surface area contributed by atoms with Crippen LogP contribution in [-0.4, -0.2) is 90.9 Å². The minimum absolute atomic E-state index is 0.0386. The number of carbonyl (C=O) groups is 1. The molecule has 0 aliphatic carbocycles. The SMILES string of the molecule is CC[C@H](O)CN1CCN(C(=O)c2ccc(N3CCOCC3)nc2)CC1. The van der Waals surface area contributed by atoms with Crippen molar-refractivity contribution in [2.45, 2.75) is 19.4 Å². The molecule has 2 saturated heterocycles. The third kappa shape index (κ3) is 4.68. The normalized spacial score (nSPS) is 20.6. The Kier molecular flexibility index (Phi) is 6.23. The number of amides is 1. The van der Waals surface area contributed by atoms with Gasteiger partial charge in [-0.15, -0.1) is 0 Å². The van der Waals surface area contributed by atoms with Gasteiger partial charge in [0.2, 0.25) is 0 Å². The van der Waals surface area contributed by atoms with Gasteiger partial charge in [0.05, 0.1) is 24.9 Å². The van der Waals surface area contributed by atoms with Gasteiger partial charge in [0.15, 0.2) is 0 Å². The third-order valence-electron chi connectivity index (χ3n) is 4.93. The van der Waals surface area contributed by atoms with Gasteiger partial charge in [0.25, 0.3) is 5.91 Å². The van der Waals surface area contributed by atoms with Gasteiger partial charge in [-0.1, -0.05) is 6.92 Å². The highest BCUT2D eigenvalue weighted by atomic mass is 16.5. The lowest BCUT2D eigenvalue weighted by Crippen LogP contribution is -2.50. The summed E-state index contributed by atoms with van der Waals surface area (Å²) in [5, 5.41) is 9.75. The molecule has 3 heterocycles. The quantitative estimate of drug-likeness (QED) is 0.833. The second-order valence-electron chi connectivity index (χ2n) is 6.66. The highest BCUT2D eigenvalue weighted by Crippen LogP contribution is 2.15. The molecule has 1 aromatic rings. The van der Waals surface area contributed by atoms with Crippen molar-refractivity contribution in [1.29, 1.82) is 0 Å². The maximum Gasteiger partial charge on any atom is 0.255 e. The number of aliphatic hydroxyl groups is 1. The van der Waals surface area contributed by atoms with Gasteiger partial charge in [-0.3, -0.25) is 9.69 Å². The summed E-state index contributed by atoms with van der Waals surface area (Å²) in [4.78, 5) is 23.4. The molecule has 7 nitrogen and oxygen atoms in total. The number of ether oxygens (including phenoxy) is 1. The Morgan fingerprint density at radius 1 is 1.20 bits per heavy atom. The van der Waals surface area contributed by atoms with E-state index in [9.17, 15) is 9.90 Å². The number of anilines is 1. The first-order valence-corrected chi connectivity index (χ1v) is 9.16. The summed E-state index contributed by atoms with van der Waals surface area (Å²) in [6.45, 7) is 8.80. The number of hydrogen-bond acceptors (Lipinski definition) is 6. The number of morpholine rings is 1. The molecule has 3 rings (SSSR count). The van der Waals surface area contributed by atoms with Crippen LogP contribution in [0.15, 0.2) is 18.3 Å². The summed E-state index contributed by atoms with van der Waals surface area (Å²) in [5.74, 6) is 0.940. The molecule has 0 spiro atoms. The predicted octanol–water partition coefficient (Wildman–Crippen LogP) is 0.447. The molecule has 1 atom stereocenters. The lowest BCUT2D eigenvalue weighted by atomic mass is 10.2. The van der Waals surface area contributed by atoms with E-state index in [0.717, 1.165) is 51.6 Å². The number of hydrogen-bond donors (Lipinski definition) is 1. The average Bonchev–Trinajstić information content (AvgIpc) is 2.69. The van der Waals surface area contributed by atoms with E-state index in [0.29, 0.717) is 25.2 Å². The fourth-order valence-electron chi connectivity index (χ4n) is 3.24. The van der Waals surface area contributed by atoms with Gasteiger partial charge < -0.3 is 19.6 Å². The minimum Gasteiger partial charge on any atom is -0.392 e. The first kappa shape index (κ1) is 18.1. The standard InChI is InChI=1S/C18H28N4O3/c1-2-16(23)14-20-5-7-22(8-6-20)18(24)15-3-4-17(19-13-15)21-9-11-25-12-10-21/h3-4,13,16,23H,2,5-12,14H2,1H3/t16-/m0/s1. The number of piperazine rings is 1. The van der Waals surface area contributed by atoms with E-state index < -0.39 is 0 Å². The van der Waals surface area contributed by atoms with E-state index in [4.69, 9.17) is 4.74 Å². The molecule has 25 heavy (non-hydrogen) atoms. The van der Waals surface area contributed by atoms with Gasteiger partial charge in [0, 0.05) is 52.0 Å². The van der Waals surface area contributed by atoms with Crippen LogP contribution in [0.25, 0.3) is 0 Å². The van der Waals surface area contributed by atoms with Gasteiger partial charge in [-0.25, -0.2) is 4.98 Å². The second kappa shape index (κ2) is 8.60. The monoisotopic (exact) mass is 348 g/mol. The largest absolute Gasteiger partial charge is 0.392 e. The molecule has 1 aromatic heterocycles.